The lowest BCUT2D eigenvalue weighted by atomic mass is 10.1. The Balaban J connectivity index is 2.22. The Kier molecular flexibility index (Phi) is 7.16. The van der Waals surface area contributed by atoms with Crippen molar-refractivity contribution in [2.75, 3.05) is 13.2 Å². The molecule has 3 N–H and O–H groups in total. The van der Waals surface area contributed by atoms with Crippen molar-refractivity contribution < 1.29 is 14.9 Å². The molecule has 0 amide bonds. The highest BCUT2D eigenvalue weighted by Crippen LogP contribution is 2.17. The monoisotopic (exact) mass is 287 g/mol. The molecule has 0 bridgehead atoms. The summed E-state index contributed by atoms with van der Waals surface area (Å²) >= 11 is 5.83. The average molecular weight is 288 g/mol. The molecule has 3 atom stereocenters. The van der Waals surface area contributed by atoms with Gasteiger partial charge in [0.25, 0.3) is 0 Å². The maximum atomic E-state index is 9.78. The van der Waals surface area contributed by atoms with Gasteiger partial charge in [0, 0.05) is 17.6 Å². The molecule has 19 heavy (non-hydrogen) atoms. The molecular weight excluding hydrogens is 266 g/mol. The molecule has 0 radical (unpaired) electrons. The van der Waals surface area contributed by atoms with Crippen molar-refractivity contribution in [3.05, 3.63) is 29.3 Å². The number of hydrogen-bond acceptors (Lipinski definition) is 4. The molecule has 0 aliphatic rings. The van der Waals surface area contributed by atoms with E-state index in [0.29, 0.717) is 23.7 Å². The molecule has 1 aromatic carbocycles. The normalized spacial score (nSPS) is 15.8. The molecule has 0 fully saturated rings. The van der Waals surface area contributed by atoms with E-state index in [1.54, 1.807) is 31.2 Å². The number of rotatable bonds is 8. The van der Waals surface area contributed by atoms with E-state index in [-0.39, 0.29) is 18.8 Å². The fourth-order valence-corrected chi connectivity index (χ4v) is 1.92. The van der Waals surface area contributed by atoms with Crippen molar-refractivity contribution in [3.63, 3.8) is 0 Å². The zero-order valence-corrected chi connectivity index (χ0v) is 12.1. The van der Waals surface area contributed by atoms with Gasteiger partial charge in [0.15, 0.2) is 0 Å². The van der Waals surface area contributed by atoms with Gasteiger partial charge in [0.1, 0.15) is 18.5 Å². The summed E-state index contributed by atoms with van der Waals surface area (Å²) in [5, 5.41) is 22.8. The molecule has 1 aromatic rings. The first-order chi connectivity index (χ1) is 8.97. The van der Waals surface area contributed by atoms with Crippen molar-refractivity contribution in [1.82, 2.24) is 5.32 Å². The number of ether oxygens (including phenoxy) is 1. The number of aliphatic hydroxyl groups excluding tert-OH is 2. The SMILES string of the molecule is CC(O)CC(C)NCC(O)COc1cccc(Cl)c1. The van der Waals surface area contributed by atoms with Crippen LogP contribution in [0.15, 0.2) is 24.3 Å². The molecule has 5 heteroatoms. The minimum atomic E-state index is -0.601. The molecule has 3 unspecified atom stereocenters. The Morgan fingerprint density at radius 2 is 2.05 bits per heavy atom. The second kappa shape index (κ2) is 8.38. The van der Waals surface area contributed by atoms with Crippen LogP contribution in [-0.4, -0.2) is 41.6 Å². The molecule has 0 spiro atoms. The van der Waals surface area contributed by atoms with Gasteiger partial charge in [-0.15, -0.1) is 0 Å². The minimum Gasteiger partial charge on any atom is -0.491 e. The van der Waals surface area contributed by atoms with E-state index in [1.165, 1.54) is 0 Å². The maximum Gasteiger partial charge on any atom is 0.120 e. The summed E-state index contributed by atoms with van der Waals surface area (Å²) in [6.07, 6.45) is -0.292. The molecule has 0 saturated carbocycles. The van der Waals surface area contributed by atoms with E-state index in [2.05, 4.69) is 5.32 Å². The molecular formula is C14H22ClNO3. The van der Waals surface area contributed by atoms with E-state index in [0.717, 1.165) is 0 Å². The average Bonchev–Trinajstić information content (AvgIpc) is 2.33. The van der Waals surface area contributed by atoms with E-state index in [4.69, 9.17) is 16.3 Å². The van der Waals surface area contributed by atoms with Gasteiger partial charge in [-0.1, -0.05) is 17.7 Å². The third-order valence-electron chi connectivity index (χ3n) is 2.64. The molecule has 0 aliphatic heterocycles. The molecule has 0 saturated heterocycles. The smallest absolute Gasteiger partial charge is 0.120 e. The Labute approximate surface area is 119 Å². The summed E-state index contributed by atoms with van der Waals surface area (Å²) in [7, 11) is 0. The summed E-state index contributed by atoms with van der Waals surface area (Å²) in [5.74, 6) is 0.642. The van der Waals surface area contributed by atoms with E-state index in [9.17, 15) is 10.2 Å². The van der Waals surface area contributed by atoms with Crippen LogP contribution in [0.1, 0.15) is 20.3 Å². The van der Waals surface area contributed by atoms with Gasteiger partial charge < -0.3 is 20.3 Å². The fraction of sp³-hybridized carbons (Fsp3) is 0.571. The molecule has 0 aromatic heterocycles. The molecule has 0 heterocycles. The van der Waals surface area contributed by atoms with Gasteiger partial charge in [0.05, 0.1) is 6.10 Å². The van der Waals surface area contributed by atoms with E-state index < -0.39 is 6.10 Å². The Morgan fingerprint density at radius 1 is 1.32 bits per heavy atom. The van der Waals surface area contributed by atoms with Crippen LogP contribution in [0.3, 0.4) is 0 Å². The standard InChI is InChI=1S/C14H22ClNO3/c1-10(6-11(2)17)16-8-13(18)9-19-14-5-3-4-12(15)7-14/h3-5,7,10-11,13,16-18H,6,8-9H2,1-2H3. The Bertz CT molecular complexity index is 373. The van der Waals surface area contributed by atoms with Crippen LogP contribution in [0, 0.1) is 0 Å². The minimum absolute atomic E-state index is 0.154. The van der Waals surface area contributed by atoms with Crippen LogP contribution >= 0.6 is 11.6 Å². The molecule has 4 nitrogen and oxygen atoms in total. The van der Waals surface area contributed by atoms with Crippen LogP contribution in [0.4, 0.5) is 0 Å². The second-order valence-corrected chi connectivity index (χ2v) is 5.25. The zero-order valence-electron chi connectivity index (χ0n) is 11.3. The van der Waals surface area contributed by atoms with Gasteiger partial charge in [-0.25, -0.2) is 0 Å². The lowest BCUT2D eigenvalue weighted by molar-refractivity contribution is 0.100. The van der Waals surface area contributed by atoms with Crippen molar-refractivity contribution in [2.45, 2.75) is 38.5 Å². The van der Waals surface area contributed by atoms with Gasteiger partial charge in [-0.3, -0.25) is 0 Å². The van der Waals surface area contributed by atoms with E-state index in [1.807, 2.05) is 6.92 Å². The first-order valence-corrected chi connectivity index (χ1v) is 6.83. The third kappa shape index (κ3) is 7.38. The maximum absolute atomic E-state index is 9.78. The van der Waals surface area contributed by atoms with Gasteiger partial charge in [-0.05, 0) is 38.5 Å². The quantitative estimate of drug-likeness (QED) is 0.683. The topological polar surface area (TPSA) is 61.7 Å². The fourth-order valence-electron chi connectivity index (χ4n) is 1.74. The lowest BCUT2D eigenvalue weighted by Crippen LogP contribution is -2.37. The van der Waals surface area contributed by atoms with Crippen LogP contribution in [0.2, 0.25) is 5.02 Å². The second-order valence-electron chi connectivity index (χ2n) is 4.82. The van der Waals surface area contributed by atoms with Gasteiger partial charge in [-0.2, -0.15) is 0 Å². The first-order valence-electron chi connectivity index (χ1n) is 6.45. The van der Waals surface area contributed by atoms with Crippen molar-refractivity contribution in [2.24, 2.45) is 0 Å². The lowest BCUT2D eigenvalue weighted by Gasteiger charge is -2.18. The molecule has 108 valence electrons. The number of nitrogens with one attached hydrogen (secondary N) is 1. The molecule has 1 rings (SSSR count). The van der Waals surface area contributed by atoms with Gasteiger partial charge >= 0.3 is 0 Å². The van der Waals surface area contributed by atoms with Crippen LogP contribution in [0.25, 0.3) is 0 Å². The van der Waals surface area contributed by atoms with Crippen molar-refractivity contribution in [3.8, 4) is 5.75 Å². The third-order valence-corrected chi connectivity index (χ3v) is 2.87. The van der Waals surface area contributed by atoms with Crippen LogP contribution in [0.5, 0.6) is 5.75 Å². The Morgan fingerprint density at radius 3 is 2.68 bits per heavy atom. The molecule has 0 aliphatic carbocycles. The highest BCUT2D eigenvalue weighted by Gasteiger charge is 2.09. The zero-order chi connectivity index (χ0) is 14.3. The van der Waals surface area contributed by atoms with Gasteiger partial charge in [0.2, 0.25) is 0 Å². The largest absolute Gasteiger partial charge is 0.491 e. The highest BCUT2D eigenvalue weighted by molar-refractivity contribution is 6.30. The summed E-state index contributed by atoms with van der Waals surface area (Å²) < 4.78 is 5.44. The highest BCUT2D eigenvalue weighted by atomic mass is 35.5. The van der Waals surface area contributed by atoms with Crippen LogP contribution in [-0.2, 0) is 0 Å². The Hall–Kier alpha value is -0.810. The van der Waals surface area contributed by atoms with Crippen molar-refractivity contribution >= 4 is 11.6 Å². The number of aliphatic hydroxyl groups is 2. The number of halogens is 1. The predicted octanol–water partition coefficient (Wildman–Crippen LogP) is 1.83. The number of hydrogen-bond donors (Lipinski definition) is 3. The van der Waals surface area contributed by atoms with E-state index >= 15 is 0 Å². The van der Waals surface area contributed by atoms with Crippen molar-refractivity contribution in [1.29, 1.82) is 0 Å². The number of benzene rings is 1. The predicted molar refractivity (Wildman–Crippen MR) is 76.7 cm³/mol. The first kappa shape index (κ1) is 16.2. The summed E-state index contributed by atoms with van der Waals surface area (Å²) in [6, 6.07) is 7.22. The summed E-state index contributed by atoms with van der Waals surface area (Å²) in [4.78, 5) is 0. The summed E-state index contributed by atoms with van der Waals surface area (Å²) in [5.41, 5.74) is 0. The summed E-state index contributed by atoms with van der Waals surface area (Å²) in [6.45, 7) is 4.34. The van der Waals surface area contributed by atoms with Crippen LogP contribution < -0.4 is 10.1 Å².